The molecule has 44 heavy (non-hydrogen) atoms. The summed E-state index contributed by atoms with van der Waals surface area (Å²) in [6, 6.07) is 17.8. The lowest BCUT2D eigenvalue weighted by Crippen LogP contribution is -2.45. The molecule has 0 aliphatic carbocycles. The fourth-order valence-electron chi connectivity index (χ4n) is 4.80. The van der Waals surface area contributed by atoms with Crippen LogP contribution in [0.25, 0.3) is 5.57 Å². The smallest absolute Gasteiger partial charge is 0.446 e. The number of benzene rings is 3. The van der Waals surface area contributed by atoms with E-state index in [0.717, 1.165) is 23.1 Å². The Bertz CT molecular complexity index is 1550. The largest absolute Gasteiger partial charge is 0.493 e. The number of allylic oxidation sites excluding steroid dienone is 1. The van der Waals surface area contributed by atoms with E-state index in [-0.39, 0.29) is 12.4 Å². The Kier molecular flexibility index (Phi) is 11.6. The van der Waals surface area contributed by atoms with Crippen LogP contribution >= 0.6 is 0 Å². The van der Waals surface area contributed by atoms with Gasteiger partial charge in [0.15, 0.2) is 11.5 Å². The molecule has 3 aromatic rings. The van der Waals surface area contributed by atoms with Gasteiger partial charge >= 0.3 is 16.4 Å². The number of methoxy groups -OCH3 is 3. The van der Waals surface area contributed by atoms with Crippen molar-refractivity contribution in [2.45, 2.75) is 25.8 Å². The van der Waals surface area contributed by atoms with E-state index in [4.69, 9.17) is 28.2 Å². The van der Waals surface area contributed by atoms with E-state index in [2.05, 4.69) is 28.1 Å². The molecule has 1 aliphatic heterocycles. The highest BCUT2D eigenvalue weighted by Crippen LogP contribution is 2.39. The summed E-state index contributed by atoms with van der Waals surface area (Å²) in [5.41, 5.74) is 2.96. The third kappa shape index (κ3) is 8.22. The van der Waals surface area contributed by atoms with Gasteiger partial charge in [-0.25, -0.2) is 4.79 Å². The zero-order valence-electron chi connectivity index (χ0n) is 25.9. The van der Waals surface area contributed by atoms with Crippen molar-refractivity contribution in [3.05, 3.63) is 83.4 Å². The lowest BCUT2D eigenvalue weighted by Gasteiger charge is -2.39. The van der Waals surface area contributed by atoms with Gasteiger partial charge in [0.05, 0.1) is 32.4 Å². The van der Waals surface area contributed by atoms with Gasteiger partial charge in [0.2, 0.25) is 5.75 Å². The number of carbonyl (C=O) groups is 1. The molecule has 1 aliphatic rings. The van der Waals surface area contributed by atoms with Crippen molar-refractivity contribution >= 4 is 21.9 Å². The number of ether oxygens (including phenoxy) is 5. The second kappa shape index (κ2) is 15.0. The minimum Gasteiger partial charge on any atom is -0.493 e. The van der Waals surface area contributed by atoms with Gasteiger partial charge in [-0.1, -0.05) is 37.3 Å². The number of nitrogens with zero attached hydrogens (tertiary/aromatic N) is 1. The topological polar surface area (TPSA) is 130 Å². The van der Waals surface area contributed by atoms with Crippen molar-refractivity contribution in [2.24, 2.45) is 0 Å². The second-order valence-corrected chi connectivity index (χ2v) is 11.0. The SMILES string of the molecule is CC1=CCOc2cc(OS(=O)(=O)O)ccc21.CCC(COC(=O)c1cc(OC)c(OC)c(OC)c1)(c1ccccc1)N(C)C. The van der Waals surface area contributed by atoms with Crippen molar-refractivity contribution in [3.63, 3.8) is 0 Å². The second-order valence-electron chi connectivity index (χ2n) is 10.0. The molecule has 0 spiro atoms. The van der Waals surface area contributed by atoms with Crippen LogP contribution in [0.15, 0.2) is 66.7 Å². The Hall–Kier alpha value is -4.26. The molecule has 1 N–H and O–H groups in total. The van der Waals surface area contributed by atoms with E-state index < -0.39 is 21.9 Å². The van der Waals surface area contributed by atoms with Gasteiger partial charge in [-0.2, -0.15) is 8.42 Å². The summed E-state index contributed by atoms with van der Waals surface area (Å²) in [6.45, 7) is 4.68. The summed E-state index contributed by atoms with van der Waals surface area (Å²) in [7, 11) is 4.03. The highest BCUT2D eigenvalue weighted by Gasteiger charge is 2.35. The number of esters is 1. The van der Waals surface area contributed by atoms with E-state index in [1.165, 1.54) is 33.5 Å². The summed E-state index contributed by atoms with van der Waals surface area (Å²) in [4.78, 5) is 14.9. The van der Waals surface area contributed by atoms with Crippen molar-refractivity contribution in [1.82, 2.24) is 4.90 Å². The first-order valence-corrected chi connectivity index (χ1v) is 15.1. The molecule has 0 fully saturated rings. The molecule has 0 saturated heterocycles. The van der Waals surface area contributed by atoms with E-state index >= 15 is 0 Å². The van der Waals surface area contributed by atoms with Gasteiger partial charge in [0, 0.05) is 11.6 Å². The van der Waals surface area contributed by atoms with Crippen molar-refractivity contribution < 1.29 is 45.6 Å². The van der Waals surface area contributed by atoms with Gasteiger partial charge in [-0.05, 0) is 68.9 Å². The van der Waals surface area contributed by atoms with E-state index in [9.17, 15) is 13.2 Å². The molecule has 3 aromatic carbocycles. The summed E-state index contributed by atoms with van der Waals surface area (Å²) in [6.07, 6.45) is 2.71. The third-order valence-corrected chi connectivity index (χ3v) is 7.71. The molecule has 0 bridgehead atoms. The van der Waals surface area contributed by atoms with Crippen LogP contribution in [0, 0.1) is 0 Å². The Labute approximate surface area is 258 Å². The molecular formula is C32H39NO10S. The summed E-state index contributed by atoms with van der Waals surface area (Å²) >= 11 is 0. The molecule has 238 valence electrons. The number of hydrogen-bond donors (Lipinski definition) is 1. The molecule has 1 heterocycles. The first-order chi connectivity index (χ1) is 20.9. The molecule has 1 unspecified atom stereocenters. The average Bonchev–Trinajstić information content (AvgIpc) is 3.00. The Morgan fingerprint density at radius 2 is 1.61 bits per heavy atom. The normalized spacial score (nSPS) is 13.6. The van der Waals surface area contributed by atoms with Crippen molar-refractivity contribution in [3.8, 4) is 28.7 Å². The van der Waals surface area contributed by atoms with Gasteiger partial charge in [0.1, 0.15) is 24.7 Å². The summed E-state index contributed by atoms with van der Waals surface area (Å²) in [5.74, 6) is 1.37. The lowest BCUT2D eigenvalue weighted by molar-refractivity contribution is 0.0119. The molecule has 4 rings (SSSR count). The fourth-order valence-corrected chi connectivity index (χ4v) is 5.14. The molecule has 1 atom stereocenters. The Morgan fingerprint density at radius 3 is 2.14 bits per heavy atom. The van der Waals surface area contributed by atoms with Crippen molar-refractivity contribution in [2.75, 3.05) is 48.6 Å². The Morgan fingerprint density at radius 1 is 0.977 bits per heavy atom. The predicted octanol–water partition coefficient (Wildman–Crippen LogP) is 5.40. The van der Waals surface area contributed by atoms with Gasteiger partial charge in [-0.3, -0.25) is 9.45 Å². The minimum absolute atomic E-state index is 0.0240. The highest BCUT2D eigenvalue weighted by molar-refractivity contribution is 7.81. The van der Waals surface area contributed by atoms with Gasteiger partial charge < -0.3 is 27.9 Å². The maximum Gasteiger partial charge on any atom is 0.446 e. The number of fused-ring (bicyclic) bond motifs is 1. The van der Waals surface area contributed by atoms with E-state index in [0.29, 0.717) is 35.2 Å². The van der Waals surface area contributed by atoms with E-state index in [1.807, 2.05) is 45.3 Å². The maximum absolute atomic E-state index is 12.8. The highest BCUT2D eigenvalue weighted by atomic mass is 32.3. The molecule has 0 radical (unpaired) electrons. The first-order valence-electron chi connectivity index (χ1n) is 13.7. The Balaban J connectivity index is 0.000000278. The van der Waals surface area contributed by atoms with Crippen LogP contribution in [0.5, 0.6) is 28.7 Å². The molecule has 11 nitrogen and oxygen atoms in total. The number of likely N-dealkylation sites (N-methyl/N-ethyl adjacent to an activating group) is 1. The summed E-state index contributed by atoms with van der Waals surface area (Å²) in [5, 5.41) is 0. The lowest BCUT2D eigenvalue weighted by atomic mass is 9.87. The van der Waals surface area contributed by atoms with Crippen LogP contribution in [0.2, 0.25) is 0 Å². The van der Waals surface area contributed by atoms with Gasteiger partial charge in [0.25, 0.3) is 0 Å². The number of hydrogen-bond acceptors (Lipinski definition) is 10. The maximum atomic E-state index is 12.8. The third-order valence-electron chi connectivity index (χ3n) is 7.30. The molecular weight excluding hydrogens is 590 g/mol. The quantitative estimate of drug-likeness (QED) is 0.216. The van der Waals surface area contributed by atoms with Crippen molar-refractivity contribution in [1.29, 1.82) is 0 Å². The monoisotopic (exact) mass is 629 g/mol. The van der Waals surface area contributed by atoms with Crippen LogP contribution in [0.3, 0.4) is 0 Å². The first kappa shape index (κ1) is 34.2. The minimum atomic E-state index is -4.49. The predicted molar refractivity (Wildman–Crippen MR) is 166 cm³/mol. The molecule has 12 heteroatoms. The van der Waals surface area contributed by atoms with Crippen LogP contribution in [0.1, 0.15) is 41.8 Å². The average molecular weight is 630 g/mol. The van der Waals surface area contributed by atoms with Crippen LogP contribution in [-0.2, 0) is 20.7 Å². The molecule has 0 saturated carbocycles. The summed E-state index contributed by atoms with van der Waals surface area (Å²) < 4.78 is 60.9. The van der Waals surface area contributed by atoms with E-state index in [1.54, 1.807) is 18.2 Å². The van der Waals surface area contributed by atoms with Crippen LogP contribution < -0.4 is 23.1 Å². The van der Waals surface area contributed by atoms with Crippen LogP contribution in [0.4, 0.5) is 0 Å². The fraction of sp³-hybridized carbons (Fsp3) is 0.344. The molecule has 0 aromatic heterocycles. The number of rotatable bonds is 11. The zero-order chi connectivity index (χ0) is 32.5. The molecule has 0 amide bonds. The number of carbonyl (C=O) groups excluding carboxylic acids is 1. The van der Waals surface area contributed by atoms with Crippen LogP contribution in [-0.4, -0.2) is 72.5 Å². The zero-order valence-corrected chi connectivity index (χ0v) is 26.8. The van der Waals surface area contributed by atoms with Gasteiger partial charge in [-0.15, -0.1) is 0 Å². The standard InChI is InChI=1S/C22H29NO5.C10H10O5S/c1-7-22(23(2)3,17-11-9-8-10-12-17)15-28-21(24)16-13-18(25-4)20(27-6)19(14-16)26-5;1-7-4-5-14-10-6-8(2-3-9(7)10)15-16(11,12)13/h8-14H,7,15H2,1-6H3;2-4,6H,5H2,1H3,(H,11,12,13).